The molecule has 0 aromatic rings. The Bertz CT molecular complexity index is 986. The van der Waals surface area contributed by atoms with E-state index in [1.165, 1.54) is 244 Å². The molecule has 2 unspecified atom stereocenters. The molecule has 1 amide bonds. The Hall–Kier alpha value is -1.40. The molecular weight excluding hydrogens is 815 g/mol. The Morgan fingerprint density at radius 1 is 0.409 bits per heavy atom. The fourth-order valence-corrected chi connectivity index (χ4v) is 9.46. The van der Waals surface area contributed by atoms with Crippen molar-refractivity contribution in [1.29, 1.82) is 0 Å². The Morgan fingerprint density at radius 3 is 1.08 bits per heavy atom. The second kappa shape index (κ2) is 56.2. The molecule has 0 aromatic carbocycles. The van der Waals surface area contributed by atoms with Gasteiger partial charge in [0.15, 0.2) is 0 Å². The Labute approximate surface area is 412 Å². The lowest BCUT2D eigenvalue weighted by Crippen LogP contribution is -2.45. The van der Waals surface area contributed by atoms with Crippen molar-refractivity contribution in [3.63, 3.8) is 0 Å². The first-order chi connectivity index (χ1) is 32.5. The molecule has 6 heteroatoms. The molecule has 0 saturated heterocycles. The monoisotopic (exact) mass is 932 g/mol. The molecule has 0 fully saturated rings. The summed E-state index contributed by atoms with van der Waals surface area (Å²) >= 11 is 0. The summed E-state index contributed by atoms with van der Waals surface area (Å²) in [6.45, 7) is 4.94. The summed E-state index contributed by atoms with van der Waals surface area (Å²) in [5.41, 5.74) is 0. The van der Waals surface area contributed by atoms with Crippen molar-refractivity contribution in [2.75, 3.05) is 13.2 Å². The largest absolute Gasteiger partial charge is 0.466 e. The van der Waals surface area contributed by atoms with Gasteiger partial charge in [0.25, 0.3) is 0 Å². The molecule has 392 valence electrons. The summed E-state index contributed by atoms with van der Waals surface area (Å²) in [7, 11) is 0. The summed E-state index contributed by atoms with van der Waals surface area (Å²) in [5.74, 6) is -0.0630. The molecule has 0 aliphatic rings. The number of nitrogens with one attached hydrogen (secondary N) is 1. The van der Waals surface area contributed by atoms with E-state index in [1.54, 1.807) is 0 Å². The van der Waals surface area contributed by atoms with Crippen LogP contribution in [0.2, 0.25) is 0 Å². The lowest BCUT2D eigenvalue weighted by molar-refractivity contribution is -0.143. The average Bonchev–Trinajstić information content (AvgIpc) is 3.32. The van der Waals surface area contributed by atoms with E-state index in [0.717, 1.165) is 57.8 Å². The summed E-state index contributed by atoms with van der Waals surface area (Å²) in [5, 5.41) is 23.3. The van der Waals surface area contributed by atoms with Crippen LogP contribution in [0.15, 0.2) is 12.2 Å². The van der Waals surface area contributed by atoms with Crippen LogP contribution in [-0.2, 0) is 14.3 Å². The third-order valence-electron chi connectivity index (χ3n) is 14.1. The number of rotatable bonds is 56. The normalized spacial score (nSPS) is 12.6. The van der Waals surface area contributed by atoms with Crippen LogP contribution >= 0.6 is 0 Å². The van der Waals surface area contributed by atoms with Crippen molar-refractivity contribution in [2.24, 2.45) is 0 Å². The third-order valence-corrected chi connectivity index (χ3v) is 14.1. The van der Waals surface area contributed by atoms with Crippen molar-refractivity contribution in [3.05, 3.63) is 12.2 Å². The minimum atomic E-state index is -0.675. The van der Waals surface area contributed by atoms with Gasteiger partial charge in [0.1, 0.15) is 0 Å². The fraction of sp³-hybridized carbons (Fsp3) is 0.933. The van der Waals surface area contributed by atoms with Crippen molar-refractivity contribution in [2.45, 2.75) is 347 Å². The number of aliphatic hydroxyl groups is 2. The number of esters is 1. The number of ether oxygens (including phenoxy) is 1. The SMILES string of the molecule is CCCCCCCC/C=C\CCCCCCCC(=O)OCCCCCCCCCCCCCCC(=O)NC(CO)C(O)CCCCCCCCCCCCCCCCCCCCCCCC. The van der Waals surface area contributed by atoms with Gasteiger partial charge in [0, 0.05) is 12.8 Å². The van der Waals surface area contributed by atoms with Crippen LogP contribution in [-0.4, -0.2) is 47.4 Å². The standard InChI is InChI=1S/C60H117NO5/c1-3-5-7-9-11-13-15-17-19-20-21-22-23-24-25-27-28-32-36-40-44-48-52-58(63)57(56-62)61-59(64)53-49-45-41-37-33-30-31-35-39-43-47-51-55-66-60(65)54-50-46-42-38-34-29-26-18-16-14-12-10-8-6-4-2/h18,26,57-58,62-63H,3-17,19-25,27-56H2,1-2H3,(H,61,64)/b26-18-. The van der Waals surface area contributed by atoms with E-state index >= 15 is 0 Å². The number of allylic oxidation sites excluding steroid dienone is 2. The first kappa shape index (κ1) is 64.6. The Kier molecular flexibility index (Phi) is 55.0. The van der Waals surface area contributed by atoms with Crippen LogP contribution in [0.5, 0.6) is 0 Å². The van der Waals surface area contributed by atoms with Crippen LogP contribution in [0.25, 0.3) is 0 Å². The number of carbonyl (C=O) groups is 2. The van der Waals surface area contributed by atoms with Crippen molar-refractivity contribution in [1.82, 2.24) is 5.32 Å². The van der Waals surface area contributed by atoms with Crippen molar-refractivity contribution < 1.29 is 24.5 Å². The van der Waals surface area contributed by atoms with Gasteiger partial charge in [0.05, 0.1) is 25.4 Å². The van der Waals surface area contributed by atoms with Gasteiger partial charge in [-0.1, -0.05) is 283 Å². The van der Waals surface area contributed by atoms with E-state index in [0.29, 0.717) is 25.9 Å². The van der Waals surface area contributed by atoms with Crippen LogP contribution in [0.4, 0.5) is 0 Å². The molecule has 0 aliphatic heterocycles. The highest BCUT2D eigenvalue weighted by Crippen LogP contribution is 2.18. The molecule has 0 aromatic heterocycles. The maximum absolute atomic E-state index is 12.5. The van der Waals surface area contributed by atoms with E-state index in [2.05, 4.69) is 31.3 Å². The van der Waals surface area contributed by atoms with Gasteiger partial charge < -0.3 is 20.3 Å². The van der Waals surface area contributed by atoms with Gasteiger partial charge >= 0.3 is 5.97 Å². The van der Waals surface area contributed by atoms with Crippen LogP contribution in [0, 0.1) is 0 Å². The smallest absolute Gasteiger partial charge is 0.305 e. The lowest BCUT2D eigenvalue weighted by Gasteiger charge is -2.22. The maximum atomic E-state index is 12.5. The quantitative estimate of drug-likeness (QED) is 0.0321. The number of hydrogen-bond acceptors (Lipinski definition) is 5. The summed E-state index contributed by atoms with van der Waals surface area (Å²) < 4.78 is 5.47. The molecule has 0 spiro atoms. The van der Waals surface area contributed by atoms with E-state index in [-0.39, 0.29) is 18.5 Å². The zero-order chi connectivity index (χ0) is 47.9. The van der Waals surface area contributed by atoms with Gasteiger partial charge in [-0.05, 0) is 51.4 Å². The Balaban J connectivity index is 3.45. The highest BCUT2D eigenvalue weighted by atomic mass is 16.5. The van der Waals surface area contributed by atoms with Gasteiger partial charge in [-0.25, -0.2) is 0 Å². The Morgan fingerprint density at radius 2 is 0.712 bits per heavy atom. The number of unbranched alkanes of at least 4 members (excludes halogenated alkanes) is 43. The van der Waals surface area contributed by atoms with E-state index < -0.39 is 12.1 Å². The predicted octanol–water partition coefficient (Wildman–Crippen LogP) is 18.5. The average molecular weight is 933 g/mol. The van der Waals surface area contributed by atoms with Crippen molar-refractivity contribution in [3.8, 4) is 0 Å². The molecule has 2 atom stereocenters. The molecule has 0 aliphatic carbocycles. The molecule has 0 rings (SSSR count). The van der Waals surface area contributed by atoms with Crippen molar-refractivity contribution >= 4 is 11.9 Å². The van der Waals surface area contributed by atoms with E-state index in [4.69, 9.17) is 4.74 Å². The van der Waals surface area contributed by atoms with Crippen LogP contribution in [0.3, 0.4) is 0 Å². The summed E-state index contributed by atoms with van der Waals surface area (Å²) in [6, 6.07) is -0.554. The van der Waals surface area contributed by atoms with Gasteiger partial charge in [-0.3, -0.25) is 9.59 Å². The molecule has 0 radical (unpaired) electrons. The predicted molar refractivity (Wildman–Crippen MR) is 287 cm³/mol. The highest BCUT2D eigenvalue weighted by Gasteiger charge is 2.20. The first-order valence-electron chi connectivity index (χ1n) is 29.9. The van der Waals surface area contributed by atoms with E-state index in [1.807, 2.05) is 0 Å². The number of amides is 1. The lowest BCUT2D eigenvalue weighted by atomic mass is 10.0. The van der Waals surface area contributed by atoms with Gasteiger partial charge in [-0.15, -0.1) is 0 Å². The fourth-order valence-electron chi connectivity index (χ4n) is 9.46. The number of aliphatic hydroxyl groups excluding tert-OH is 2. The van der Waals surface area contributed by atoms with Gasteiger partial charge in [-0.2, -0.15) is 0 Å². The zero-order valence-electron chi connectivity index (χ0n) is 44.7. The molecule has 6 nitrogen and oxygen atoms in total. The topological polar surface area (TPSA) is 95.9 Å². The molecule has 3 N–H and O–H groups in total. The van der Waals surface area contributed by atoms with Crippen LogP contribution < -0.4 is 5.32 Å². The molecule has 0 heterocycles. The minimum absolute atomic E-state index is 0.0159. The van der Waals surface area contributed by atoms with Gasteiger partial charge in [0.2, 0.25) is 5.91 Å². The number of carbonyl (C=O) groups excluding carboxylic acids is 2. The molecule has 0 bridgehead atoms. The molecular formula is C60H117NO5. The second-order valence-corrected chi connectivity index (χ2v) is 20.7. The summed E-state index contributed by atoms with van der Waals surface area (Å²) in [6.07, 6.45) is 66.3. The first-order valence-corrected chi connectivity index (χ1v) is 29.9. The maximum Gasteiger partial charge on any atom is 0.305 e. The number of hydrogen-bond donors (Lipinski definition) is 3. The molecule has 0 saturated carbocycles. The van der Waals surface area contributed by atoms with E-state index in [9.17, 15) is 19.8 Å². The minimum Gasteiger partial charge on any atom is -0.466 e. The zero-order valence-corrected chi connectivity index (χ0v) is 44.7. The third kappa shape index (κ3) is 52.0. The molecule has 66 heavy (non-hydrogen) atoms. The second-order valence-electron chi connectivity index (χ2n) is 20.7. The summed E-state index contributed by atoms with van der Waals surface area (Å²) in [4.78, 5) is 24.6. The van der Waals surface area contributed by atoms with Crippen LogP contribution in [0.1, 0.15) is 335 Å². The highest BCUT2D eigenvalue weighted by molar-refractivity contribution is 5.76.